The van der Waals surface area contributed by atoms with Gasteiger partial charge in [0.1, 0.15) is 5.54 Å². The summed E-state index contributed by atoms with van der Waals surface area (Å²) in [6.07, 6.45) is 1.85. The van der Waals surface area contributed by atoms with Gasteiger partial charge in [0.05, 0.1) is 0 Å². The van der Waals surface area contributed by atoms with E-state index in [1.807, 2.05) is 0 Å². The third-order valence-corrected chi connectivity index (χ3v) is 3.96. The molecule has 106 valence electrons. The molecule has 0 saturated carbocycles. The minimum absolute atomic E-state index is 0.645. The van der Waals surface area contributed by atoms with Gasteiger partial charge in [-0.25, -0.2) is 0 Å². The summed E-state index contributed by atoms with van der Waals surface area (Å²) >= 11 is 0. The van der Waals surface area contributed by atoms with E-state index in [9.17, 15) is 9.90 Å². The number of aliphatic carboxylic acids is 1. The fourth-order valence-corrected chi connectivity index (χ4v) is 2.27. The molecule has 0 amide bonds. The van der Waals surface area contributed by atoms with E-state index in [2.05, 4.69) is 22.0 Å². The highest BCUT2D eigenvalue weighted by Gasteiger charge is 2.31. The molecule has 5 heteroatoms. The first-order chi connectivity index (χ1) is 8.51. The van der Waals surface area contributed by atoms with Crippen molar-refractivity contribution in [1.29, 1.82) is 0 Å². The molecule has 1 aliphatic rings. The molecule has 0 aliphatic carbocycles. The molecular formula is C13H27N3O2. The Kier molecular flexibility index (Phi) is 6.05. The number of nitrogens with one attached hydrogen (secondary N) is 1. The Morgan fingerprint density at radius 2 is 1.72 bits per heavy atom. The van der Waals surface area contributed by atoms with Crippen LogP contribution in [0.3, 0.4) is 0 Å². The molecule has 0 aromatic rings. The summed E-state index contributed by atoms with van der Waals surface area (Å²) in [4.78, 5) is 16.0. The van der Waals surface area contributed by atoms with Crippen molar-refractivity contribution in [1.82, 2.24) is 15.1 Å². The Labute approximate surface area is 110 Å². The van der Waals surface area contributed by atoms with Crippen LogP contribution in [0.1, 0.15) is 26.7 Å². The van der Waals surface area contributed by atoms with Crippen molar-refractivity contribution in [2.45, 2.75) is 32.2 Å². The second-order valence-corrected chi connectivity index (χ2v) is 5.32. The van der Waals surface area contributed by atoms with Gasteiger partial charge in [-0.15, -0.1) is 0 Å². The fraction of sp³-hybridized carbons (Fsp3) is 0.923. The van der Waals surface area contributed by atoms with E-state index in [0.717, 1.165) is 32.7 Å². The topological polar surface area (TPSA) is 55.8 Å². The van der Waals surface area contributed by atoms with Gasteiger partial charge in [-0.2, -0.15) is 0 Å². The van der Waals surface area contributed by atoms with Gasteiger partial charge >= 0.3 is 5.97 Å². The van der Waals surface area contributed by atoms with Crippen LogP contribution in [-0.2, 0) is 4.79 Å². The number of carbonyl (C=O) groups is 1. The van der Waals surface area contributed by atoms with Gasteiger partial charge in [-0.05, 0) is 33.4 Å². The van der Waals surface area contributed by atoms with Crippen molar-refractivity contribution >= 4 is 5.97 Å². The van der Waals surface area contributed by atoms with Gasteiger partial charge in [0.25, 0.3) is 0 Å². The van der Waals surface area contributed by atoms with Crippen molar-refractivity contribution < 1.29 is 9.90 Å². The Morgan fingerprint density at radius 3 is 2.11 bits per heavy atom. The molecule has 1 aliphatic heterocycles. The van der Waals surface area contributed by atoms with Crippen molar-refractivity contribution in [2.24, 2.45) is 0 Å². The number of hydrogen-bond acceptors (Lipinski definition) is 4. The van der Waals surface area contributed by atoms with Crippen LogP contribution in [0.25, 0.3) is 0 Å². The van der Waals surface area contributed by atoms with E-state index in [0.29, 0.717) is 6.42 Å². The molecule has 1 saturated heterocycles. The van der Waals surface area contributed by atoms with Crippen LogP contribution in [0.5, 0.6) is 0 Å². The average Bonchev–Trinajstić information content (AvgIpc) is 2.37. The standard InChI is InChI=1S/C13H27N3O2/c1-4-6-15-8-10-16(11-9-15)7-5-13(2,14-3)12(17)18/h14H,4-11H2,1-3H3,(H,17,18). The van der Waals surface area contributed by atoms with Crippen LogP contribution < -0.4 is 5.32 Å². The van der Waals surface area contributed by atoms with Crippen LogP contribution in [0.2, 0.25) is 0 Å². The summed E-state index contributed by atoms with van der Waals surface area (Å²) in [6, 6.07) is 0. The van der Waals surface area contributed by atoms with Crippen molar-refractivity contribution in [3.8, 4) is 0 Å². The predicted molar refractivity (Wildman–Crippen MR) is 72.9 cm³/mol. The molecule has 0 bridgehead atoms. The second kappa shape index (κ2) is 7.07. The normalized spacial score (nSPS) is 21.7. The average molecular weight is 257 g/mol. The van der Waals surface area contributed by atoms with Gasteiger partial charge < -0.3 is 20.2 Å². The second-order valence-electron chi connectivity index (χ2n) is 5.32. The minimum atomic E-state index is -0.805. The van der Waals surface area contributed by atoms with E-state index in [1.165, 1.54) is 13.0 Å². The van der Waals surface area contributed by atoms with E-state index < -0.39 is 11.5 Å². The number of rotatable bonds is 7. The first-order valence-corrected chi connectivity index (χ1v) is 6.89. The lowest BCUT2D eigenvalue weighted by Gasteiger charge is -2.36. The minimum Gasteiger partial charge on any atom is -0.480 e. The highest BCUT2D eigenvalue weighted by atomic mass is 16.4. The summed E-state index contributed by atoms with van der Waals surface area (Å²) in [5.74, 6) is -0.769. The van der Waals surface area contributed by atoms with Gasteiger partial charge in [-0.1, -0.05) is 6.92 Å². The smallest absolute Gasteiger partial charge is 0.323 e. The highest BCUT2D eigenvalue weighted by Crippen LogP contribution is 2.12. The van der Waals surface area contributed by atoms with E-state index in [1.54, 1.807) is 14.0 Å². The highest BCUT2D eigenvalue weighted by molar-refractivity contribution is 5.78. The maximum absolute atomic E-state index is 11.2. The Morgan fingerprint density at radius 1 is 1.22 bits per heavy atom. The zero-order valence-electron chi connectivity index (χ0n) is 11.9. The summed E-state index contributed by atoms with van der Waals surface area (Å²) < 4.78 is 0. The Hall–Kier alpha value is -0.650. The van der Waals surface area contributed by atoms with Gasteiger partial charge in [0.15, 0.2) is 0 Å². The monoisotopic (exact) mass is 257 g/mol. The summed E-state index contributed by atoms with van der Waals surface area (Å²) in [5, 5.41) is 12.1. The molecule has 1 fully saturated rings. The first-order valence-electron chi connectivity index (χ1n) is 6.89. The molecule has 0 radical (unpaired) electrons. The summed E-state index contributed by atoms with van der Waals surface area (Å²) in [6.45, 7) is 10.3. The molecule has 2 N–H and O–H groups in total. The van der Waals surface area contributed by atoms with Gasteiger partial charge in [-0.3, -0.25) is 4.79 Å². The lowest BCUT2D eigenvalue weighted by atomic mass is 9.98. The van der Waals surface area contributed by atoms with E-state index in [4.69, 9.17) is 0 Å². The summed E-state index contributed by atoms with van der Waals surface area (Å²) in [5.41, 5.74) is -0.805. The molecular weight excluding hydrogens is 230 g/mol. The van der Waals surface area contributed by atoms with Gasteiger partial charge in [0, 0.05) is 32.7 Å². The molecule has 1 heterocycles. The number of likely N-dealkylation sites (N-methyl/N-ethyl adjacent to an activating group) is 1. The van der Waals surface area contributed by atoms with Crippen LogP contribution >= 0.6 is 0 Å². The maximum Gasteiger partial charge on any atom is 0.323 e. The van der Waals surface area contributed by atoms with Crippen molar-refractivity contribution in [3.05, 3.63) is 0 Å². The third kappa shape index (κ3) is 4.23. The number of hydrogen-bond donors (Lipinski definition) is 2. The molecule has 0 spiro atoms. The number of carboxylic acids is 1. The van der Waals surface area contributed by atoms with Crippen LogP contribution in [0.15, 0.2) is 0 Å². The lowest BCUT2D eigenvalue weighted by Crippen LogP contribution is -2.52. The molecule has 1 rings (SSSR count). The molecule has 0 aromatic carbocycles. The molecule has 0 aromatic heterocycles. The van der Waals surface area contributed by atoms with E-state index in [-0.39, 0.29) is 0 Å². The zero-order chi connectivity index (χ0) is 13.6. The van der Waals surface area contributed by atoms with Crippen LogP contribution in [0, 0.1) is 0 Å². The number of carboxylic acid groups (broad SMARTS) is 1. The number of nitrogens with zero attached hydrogens (tertiary/aromatic N) is 2. The fourth-order valence-electron chi connectivity index (χ4n) is 2.27. The SMILES string of the molecule is CCCN1CCN(CCC(C)(NC)C(=O)O)CC1. The van der Waals surface area contributed by atoms with E-state index >= 15 is 0 Å². The zero-order valence-corrected chi connectivity index (χ0v) is 11.9. The number of piperazine rings is 1. The molecule has 5 nitrogen and oxygen atoms in total. The lowest BCUT2D eigenvalue weighted by molar-refractivity contribution is -0.144. The molecule has 1 unspecified atom stereocenters. The Bertz CT molecular complexity index is 265. The van der Waals surface area contributed by atoms with Gasteiger partial charge in [0.2, 0.25) is 0 Å². The van der Waals surface area contributed by atoms with Crippen LogP contribution in [0.4, 0.5) is 0 Å². The van der Waals surface area contributed by atoms with Crippen LogP contribution in [-0.4, -0.2) is 72.7 Å². The Balaban J connectivity index is 2.31. The van der Waals surface area contributed by atoms with Crippen molar-refractivity contribution in [2.75, 3.05) is 46.3 Å². The summed E-state index contributed by atoms with van der Waals surface area (Å²) in [7, 11) is 1.72. The quantitative estimate of drug-likeness (QED) is 0.694. The maximum atomic E-state index is 11.2. The molecule has 1 atom stereocenters. The first kappa shape index (κ1) is 15.4. The molecule has 18 heavy (non-hydrogen) atoms. The van der Waals surface area contributed by atoms with Crippen molar-refractivity contribution in [3.63, 3.8) is 0 Å². The third-order valence-electron chi connectivity index (χ3n) is 3.96. The largest absolute Gasteiger partial charge is 0.480 e. The predicted octanol–water partition coefficient (Wildman–Crippen LogP) is 0.467.